The van der Waals surface area contributed by atoms with E-state index in [9.17, 15) is 31.2 Å². The number of rotatable bonds is 7. The van der Waals surface area contributed by atoms with E-state index in [1.54, 1.807) is 0 Å². The lowest BCUT2D eigenvalue weighted by Gasteiger charge is -2.40. The summed E-state index contributed by atoms with van der Waals surface area (Å²) in [6.07, 6.45) is 1.26. The van der Waals surface area contributed by atoms with Crippen LogP contribution in [-0.2, 0) is 24.6 Å². The van der Waals surface area contributed by atoms with Crippen LogP contribution in [0.15, 0.2) is 42.5 Å². The molecule has 2 aliphatic rings. The molecule has 11 nitrogen and oxygen atoms in total. The summed E-state index contributed by atoms with van der Waals surface area (Å²) in [6, 6.07) is 13.6. The van der Waals surface area contributed by atoms with Crippen LogP contribution in [0.3, 0.4) is 0 Å². The summed E-state index contributed by atoms with van der Waals surface area (Å²) in [4.78, 5) is 35.8. The number of carbonyl (C=O) groups excluding carboxylic acids is 2. The average Bonchev–Trinajstić information content (AvgIpc) is 3.28. The quantitative estimate of drug-likeness (QED) is 0.346. The standard InChI is InChI=1S/C25H31N5O4S.C2HF3O2/c1-3-13-26-24(31)17-27-25(32)23-16-28-35(33,34)30(23)20-11-14-29(15-12-20)18(2)21-10-6-8-19-7-4-5-9-22(19)21;3-2(4,5)1(6)7/h1,4-10,18,20,23,28H,11-17H2,2H3,(H,26,31)(H,27,32);(H,6,7)/t18-,23+;/m1./s1. The predicted octanol–water partition coefficient (Wildman–Crippen LogP) is 1.38. The van der Waals surface area contributed by atoms with E-state index in [2.05, 4.69) is 63.4 Å². The number of likely N-dealkylation sites (tertiary alicyclic amines) is 1. The van der Waals surface area contributed by atoms with Crippen LogP contribution >= 0.6 is 0 Å². The number of terminal acetylenes is 1. The van der Waals surface area contributed by atoms with Gasteiger partial charge in [-0.05, 0) is 36.1 Å². The second-order valence-electron chi connectivity index (χ2n) is 9.71. The Morgan fingerprint density at radius 2 is 1.74 bits per heavy atom. The molecule has 15 heteroatoms. The Morgan fingerprint density at radius 3 is 2.36 bits per heavy atom. The molecule has 0 spiro atoms. The number of hydrogen-bond acceptors (Lipinski definition) is 6. The first kappa shape index (κ1) is 32.8. The molecular weight excluding hydrogens is 579 g/mol. The van der Waals surface area contributed by atoms with Gasteiger partial charge in [-0.3, -0.25) is 14.5 Å². The van der Waals surface area contributed by atoms with Gasteiger partial charge in [0.05, 0.1) is 13.1 Å². The number of nitrogens with zero attached hydrogens (tertiary/aromatic N) is 2. The molecule has 228 valence electrons. The minimum atomic E-state index is -5.08. The number of hydrogen-bond donors (Lipinski definition) is 4. The molecule has 2 aromatic rings. The first-order valence-electron chi connectivity index (χ1n) is 13.0. The van der Waals surface area contributed by atoms with Crippen LogP contribution in [0.4, 0.5) is 13.2 Å². The van der Waals surface area contributed by atoms with E-state index in [1.165, 1.54) is 20.6 Å². The molecular formula is C27H32F3N5O6S. The van der Waals surface area contributed by atoms with Crippen molar-refractivity contribution in [2.75, 3.05) is 32.7 Å². The maximum Gasteiger partial charge on any atom is 0.490 e. The molecule has 2 aliphatic heterocycles. The van der Waals surface area contributed by atoms with Gasteiger partial charge < -0.3 is 15.7 Å². The molecule has 2 atom stereocenters. The van der Waals surface area contributed by atoms with E-state index in [-0.39, 0.29) is 31.7 Å². The van der Waals surface area contributed by atoms with Crippen molar-refractivity contribution >= 4 is 38.8 Å². The zero-order chi connectivity index (χ0) is 31.1. The Balaban J connectivity index is 0.000000616. The lowest BCUT2D eigenvalue weighted by Crippen LogP contribution is -2.54. The maximum atomic E-state index is 12.8. The molecule has 2 fully saturated rings. The number of fused-ring (bicyclic) bond motifs is 1. The summed E-state index contributed by atoms with van der Waals surface area (Å²) in [6.45, 7) is 3.39. The second kappa shape index (κ2) is 14.0. The zero-order valence-corrected chi connectivity index (χ0v) is 23.5. The van der Waals surface area contributed by atoms with Gasteiger partial charge in [0.2, 0.25) is 11.8 Å². The van der Waals surface area contributed by atoms with E-state index in [0.717, 1.165) is 0 Å². The van der Waals surface area contributed by atoms with Crippen LogP contribution in [0.5, 0.6) is 0 Å². The summed E-state index contributed by atoms with van der Waals surface area (Å²) < 4.78 is 61.0. The molecule has 0 unspecified atom stereocenters. The Kier molecular flexibility index (Phi) is 10.9. The van der Waals surface area contributed by atoms with Gasteiger partial charge in [0.25, 0.3) is 10.2 Å². The number of nitrogens with one attached hydrogen (secondary N) is 3. The Morgan fingerprint density at radius 1 is 1.12 bits per heavy atom. The van der Waals surface area contributed by atoms with Crippen molar-refractivity contribution in [1.29, 1.82) is 0 Å². The number of aliphatic carboxylic acids is 1. The van der Waals surface area contributed by atoms with Gasteiger partial charge in [-0.2, -0.15) is 30.6 Å². The molecule has 0 aromatic heterocycles. The van der Waals surface area contributed by atoms with Gasteiger partial charge in [-0.1, -0.05) is 48.4 Å². The third kappa shape index (κ3) is 8.19. The number of carboxylic acid groups (broad SMARTS) is 1. The largest absolute Gasteiger partial charge is 0.490 e. The minimum absolute atomic E-state index is 0.0211. The fraction of sp³-hybridized carbons (Fsp3) is 0.444. The molecule has 0 saturated carbocycles. The number of benzene rings is 2. The molecule has 42 heavy (non-hydrogen) atoms. The maximum absolute atomic E-state index is 12.8. The van der Waals surface area contributed by atoms with Crippen LogP contribution < -0.4 is 15.4 Å². The highest BCUT2D eigenvalue weighted by molar-refractivity contribution is 7.87. The third-order valence-corrected chi connectivity index (χ3v) is 8.72. The Labute approximate surface area is 241 Å². The van der Waals surface area contributed by atoms with Gasteiger partial charge in [0, 0.05) is 31.7 Å². The molecule has 0 aliphatic carbocycles. The normalized spacial score (nSPS) is 20.1. The van der Waals surface area contributed by atoms with E-state index >= 15 is 0 Å². The molecule has 0 bridgehead atoms. The minimum Gasteiger partial charge on any atom is -0.475 e. The smallest absolute Gasteiger partial charge is 0.475 e. The molecule has 2 saturated heterocycles. The highest BCUT2D eigenvalue weighted by atomic mass is 32.2. The fourth-order valence-electron chi connectivity index (χ4n) is 5.01. The average molecular weight is 612 g/mol. The van der Waals surface area contributed by atoms with Crippen LogP contribution in [0.25, 0.3) is 10.8 Å². The van der Waals surface area contributed by atoms with Crippen LogP contribution in [0.1, 0.15) is 31.4 Å². The summed E-state index contributed by atoms with van der Waals surface area (Å²) >= 11 is 0. The Hall–Kier alpha value is -3.71. The number of alkyl halides is 3. The first-order valence-corrected chi connectivity index (χ1v) is 14.5. The Bertz CT molecular complexity index is 1430. The second-order valence-corrected chi connectivity index (χ2v) is 11.4. The SMILES string of the molecule is C#CCNC(=O)CNC(=O)[C@@H]1CNS(=O)(=O)N1C1CCN([C@H](C)c2cccc3ccccc23)CC1.O=C(O)C(F)(F)F. The molecule has 2 aromatic carbocycles. The summed E-state index contributed by atoms with van der Waals surface area (Å²) in [5, 5.41) is 14.5. The van der Waals surface area contributed by atoms with Crippen molar-refractivity contribution in [2.24, 2.45) is 0 Å². The van der Waals surface area contributed by atoms with E-state index in [1.807, 2.05) is 12.1 Å². The van der Waals surface area contributed by atoms with E-state index in [4.69, 9.17) is 16.3 Å². The molecule has 2 heterocycles. The van der Waals surface area contributed by atoms with E-state index in [0.29, 0.717) is 25.9 Å². The van der Waals surface area contributed by atoms with Crippen molar-refractivity contribution in [3.8, 4) is 12.3 Å². The van der Waals surface area contributed by atoms with Crippen molar-refractivity contribution in [2.45, 2.75) is 44.1 Å². The number of carbonyl (C=O) groups is 3. The van der Waals surface area contributed by atoms with Crippen molar-refractivity contribution in [3.63, 3.8) is 0 Å². The first-order chi connectivity index (χ1) is 19.8. The molecule has 4 rings (SSSR count). The monoisotopic (exact) mass is 611 g/mol. The van der Waals surface area contributed by atoms with Crippen LogP contribution in [0, 0.1) is 12.3 Å². The number of amides is 2. The third-order valence-electron chi connectivity index (χ3n) is 7.08. The van der Waals surface area contributed by atoms with E-state index < -0.39 is 40.2 Å². The van der Waals surface area contributed by atoms with Crippen molar-refractivity contribution in [1.82, 2.24) is 24.6 Å². The molecule has 0 radical (unpaired) electrons. The van der Waals surface area contributed by atoms with Crippen molar-refractivity contribution < 1.29 is 41.1 Å². The fourth-order valence-corrected chi connectivity index (χ4v) is 6.64. The van der Waals surface area contributed by atoms with Crippen molar-refractivity contribution in [3.05, 3.63) is 48.0 Å². The van der Waals surface area contributed by atoms with Gasteiger partial charge in [0.15, 0.2) is 0 Å². The lowest BCUT2D eigenvalue weighted by molar-refractivity contribution is -0.192. The summed E-state index contributed by atoms with van der Waals surface area (Å²) in [5.41, 5.74) is 1.25. The molecule has 4 N–H and O–H groups in total. The topological polar surface area (TPSA) is 148 Å². The van der Waals surface area contributed by atoms with Gasteiger partial charge in [-0.15, -0.1) is 6.42 Å². The predicted molar refractivity (Wildman–Crippen MR) is 148 cm³/mol. The lowest BCUT2D eigenvalue weighted by atomic mass is 9.96. The number of piperidine rings is 1. The zero-order valence-electron chi connectivity index (χ0n) is 22.7. The highest BCUT2D eigenvalue weighted by Gasteiger charge is 2.46. The number of halogens is 3. The summed E-state index contributed by atoms with van der Waals surface area (Å²) in [5.74, 6) is -1.39. The van der Waals surface area contributed by atoms with Crippen LogP contribution in [-0.4, -0.2) is 91.5 Å². The van der Waals surface area contributed by atoms with Crippen LogP contribution in [0.2, 0.25) is 0 Å². The molecule has 2 amide bonds. The van der Waals surface area contributed by atoms with Gasteiger partial charge in [0.1, 0.15) is 6.04 Å². The van der Waals surface area contributed by atoms with Gasteiger partial charge in [-0.25, -0.2) is 4.79 Å². The number of carboxylic acids is 1. The summed E-state index contributed by atoms with van der Waals surface area (Å²) in [7, 11) is -3.78. The van der Waals surface area contributed by atoms with Gasteiger partial charge >= 0.3 is 12.1 Å². The highest BCUT2D eigenvalue weighted by Crippen LogP contribution is 2.32.